The zero-order valence-electron chi connectivity index (χ0n) is 43.2. The number of alkyl halides is 2. The van der Waals surface area contributed by atoms with Crippen molar-refractivity contribution in [2.24, 2.45) is 17.2 Å². The summed E-state index contributed by atoms with van der Waals surface area (Å²) in [6.45, 7) is 17.5. The molecule has 1 aliphatic rings. The topological polar surface area (TPSA) is 238 Å². The van der Waals surface area contributed by atoms with E-state index in [1.54, 1.807) is 12.1 Å². The summed E-state index contributed by atoms with van der Waals surface area (Å²) in [6.07, 6.45) is 7.11. The van der Waals surface area contributed by atoms with Gasteiger partial charge < -0.3 is 16.4 Å². The van der Waals surface area contributed by atoms with Crippen molar-refractivity contribution in [3.05, 3.63) is 111 Å². The van der Waals surface area contributed by atoms with E-state index in [1.165, 1.54) is 48.7 Å². The Hall–Kier alpha value is -5.49. The molecule has 0 saturated carbocycles. The molecule has 4 aromatic rings. The second kappa shape index (κ2) is 36.5. The molecule has 15 heteroatoms. The van der Waals surface area contributed by atoms with Gasteiger partial charge in [0.2, 0.25) is 6.41 Å². The second-order valence-electron chi connectivity index (χ2n) is 16.5. The van der Waals surface area contributed by atoms with E-state index < -0.39 is 25.7 Å². The molecule has 0 saturated heterocycles. The average molecular weight is 1080 g/mol. The van der Waals surface area contributed by atoms with Crippen LogP contribution in [0.25, 0.3) is 22.3 Å². The Bertz CT molecular complexity index is 2180. The molecule has 0 fully saturated rings. The summed E-state index contributed by atoms with van der Waals surface area (Å²) in [7, 11) is 0. The quantitative estimate of drug-likeness (QED) is 0.0297. The first-order valence-electron chi connectivity index (χ1n) is 24.4. The number of carbonyl (C=O) groups excluding carboxylic acids is 6. The molecular weight excluding hydrogens is 998 g/mol. The molecule has 386 valence electrons. The molecule has 2 unspecified atom stereocenters. The van der Waals surface area contributed by atoms with Crippen LogP contribution in [0.5, 0.6) is 5.75 Å². The number of halogens is 1. The number of unbranched alkanes of at least 4 members (excludes halogenated alkanes) is 2. The van der Waals surface area contributed by atoms with Crippen LogP contribution >= 0.6 is 19.8 Å². The Kier molecular flexibility index (Phi) is 32.6. The minimum absolute atomic E-state index is 0.0351. The van der Waals surface area contributed by atoms with Crippen molar-refractivity contribution >= 4 is 55.5 Å². The number of amides is 4. The number of ketones is 2. The number of fused-ring (bicyclic) bond motifs is 5. The fourth-order valence-corrected chi connectivity index (χ4v) is 10.5. The van der Waals surface area contributed by atoms with Gasteiger partial charge >= 0.3 is 204 Å². The summed E-state index contributed by atoms with van der Waals surface area (Å²) in [4.78, 5) is 69.6. The van der Waals surface area contributed by atoms with E-state index in [9.17, 15) is 28.8 Å². The van der Waals surface area contributed by atoms with Crippen LogP contribution in [0.1, 0.15) is 114 Å². The van der Waals surface area contributed by atoms with Crippen LogP contribution in [0.2, 0.25) is 0 Å². The molecule has 0 radical (unpaired) electrons. The molecule has 14 nitrogen and oxygen atoms in total. The number of nitrogens with one attached hydrogen (secondary N) is 4. The maximum absolute atomic E-state index is 12.8. The maximum Gasteiger partial charge on any atom is 0.251 e. The van der Waals surface area contributed by atoms with Crippen LogP contribution in [0.15, 0.2) is 84.9 Å². The molecule has 4 bridgehead atoms. The molecule has 4 aromatic carbocycles. The van der Waals surface area contributed by atoms with E-state index in [2.05, 4.69) is 88.6 Å². The molecule has 5 rings (SSSR count). The standard InChI is InChI=1S/C25H35IN4O3.C20H23NO2.C4H7NO2.C4H11N.C2H6/c1-16-12-18-4-6-22(26(3)8-9-27)20(13-18)21-14-19(5-7-23(21)33-11-10-28)17(2)25(32)29-15-24(31)30-16;1-3-4-5-16-6-8-17(9-7-16)18-10-12-19(13-11-18)20(23)21-14-15(2)22;1-4(7)2-5-3-6;1-2-3-4-5;1-2/h4-7,13-14,16-17H,8-12,15,27-28H2,1-3H3,(H,29,32)(H,30,31);6-13H,3-5,14H2,1-2H3,(H,21,23);3H,2H2,1H3,(H,5,6);2-5H2,1H3;1-2H3. The van der Waals surface area contributed by atoms with Crippen molar-refractivity contribution in [1.82, 2.24) is 21.3 Å². The van der Waals surface area contributed by atoms with Gasteiger partial charge in [-0.05, 0) is 68.5 Å². The van der Waals surface area contributed by atoms with Gasteiger partial charge in [0.05, 0.1) is 13.1 Å². The smallest absolute Gasteiger partial charge is 0.251 e. The molecule has 1 aliphatic heterocycles. The normalized spacial score (nSPS) is 13.9. The first-order chi connectivity index (χ1) is 33.6. The van der Waals surface area contributed by atoms with E-state index in [0.29, 0.717) is 38.1 Å². The van der Waals surface area contributed by atoms with E-state index in [4.69, 9.17) is 21.9 Å². The summed E-state index contributed by atoms with van der Waals surface area (Å²) in [5.41, 5.74) is 25.0. The van der Waals surface area contributed by atoms with E-state index in [-0.39, 0.29) is 55.0 Å². The first kappa shape index (κ1) is 62.5. The van der Waals surface area contributed by atoms with Crippen molar-refractivity contribution in [3.8, 4) is 28.0 Å². The summed E-state index contributed by atoms with van der Waals surface area (Å²) < 4.78 is 8.39. The SMILES string of the molecule is CC.CC(=O)CNC=O.CC1Cc2ccc(I(C)CCN)c(c2)-c2cc(ccc2OCCN)C(C)C(=O)NCC(=O)N1.CCCCN.CCCCc1ccc(-c2ccc(C(=O)NCC(C)=O)cc2)cc1. The molecule has 70 heavy (non-hydrogen) atoms. The number of rotatable bonds is 18. The van der Waals surface area contributed by atoms with Crippen molar-refractivity contribution in [2.45, 2.75) is 106 Å². The predicted molar refractivity (Wildman–Crippen MR) is 295 cm³/mol. The molecule has 0 spiro atoms. The van der Waals surface area contributed by atoms with E-state index in [1.807, 2.05) is 52.0 Å². The number of hydrogen-bond acceptors (Lipinski definition) is 10. The Morgan fingerprint density at radius 3 is 1.94 bits per heavy atom. The third-order valence-corrected chi connectivity index (χ3v) is 15.6. The van der Waals surface area contributed by atoms with Crippen LogP contribution in [0.3, 0.4) is 0 Å². The maximum atomic E-state index is 12.8. The number of carbonyl (C=O) groups is 6. The van der Waals surface area contributed by atoms with E-state index in [0.717, 1.165) is 56.5 Å². The molecule has 0 aliphatic carbocycles. The monoisotopic (exact) mass is 1080 g/mol. The number of nitrogens with two attached hydrogens (primary N) is 3. The van der Waals surface area contributed by atoms with Crippen LogP contribution in [0, 0.1) is 3.57 Å². The molecule has 2 atom stereocenters. The molecule has 10 N–H and O–H groups in total. The van der Waals surface area contributed by atoms with Gasteiger partial charge in [-0.25, -0.2) is 0 Å². The van der Waals surface area contributed by atoms with Gasteiger partial charge in [-0.1, -0.05) is 76.9 Å². The Morgan fingerprint density at radius 2 is 1.41 bits per heavy atom. The zero-order valence-corrected chi connectivity index (χ0v) is 45.3. The number of ether oxygens (including phenoxy) is 1. The summed E-state index contributed by atoms with van der Waals surface area (Å²) in [5, 5.41) is 10.6. The minimum atomic E-state index is -1.50. The third-order valence-electron chi connectivity index (χ3n) is 10.4. The third kappa shape index (κ3) is 23.9. The van der Waals surface area contributed by atoms with Crippen LogP contribution in [-0.2, 0) is 36.8 Å². The first-order valence-corrected chi connectivity index (χ1v) is 29.1. The fraction of sp³-hybridized carbons (Fsp3) is 0.455. The van der Waals surface area contributed by atoms with Crippen LogP contribution in [-0.4, -0.2) is 97.0 Å². The second-order valence-corrected chi connectivity index (χ2v) is 22.1. The van der Waals surface area contributed by atoms with Crippen LogP contribution < -0.4 is 43.2 Å². The van der Waals surface area contributed by atoms with Gasteiger partial charge in [0, 0.05) is 5.56 Å². The van der Waals surface area contributed by atoms with Gasteiger partial charge in [0.15, 0.2) is 0 Å². The Labute approximate surface area is 425 Å². The van der Waals surface area contributed by atoms with Crippen molar-refractivity contribution in [1.29, 1.82) is 0 Å². The number of aryl methyl sites for hydroxylation is 1. The van der Waals surface area contributed by atoms with Gasteiger partial charge in [-0.2, -0.15) is 0 Å². The zero-order chi connectivity index (χ0) is 52.4. The Balaban J connectivity index is 0.000000570. The van der Waals surface area contributed by atoms with Gasteiger partial charge in [-0.15, -0.1) is 0 Å². The van der Waals surface area contributed by atoms with Crippen molar-refractivity contribution < 1.29 is 33.5 Å². The fourth-order valence-electron chi connectivity index (χ4n) is 6.73. The molecule has 0 aromatic heterocycles. The minimum Gasteiger partial charge on any atom is -0.345 e. The van der Waals surface area contributed by atoms with Gasteiger partial charge in [0.25, 0.3) is 5.91 Å². The summed E-state index contributed by atoms with van der Waals surface area (Å²) in [5.74, 6) is -0.328. The molecular formula is C55H82IN7O7. The number of Topliss-reactive ketones (excluding diaryl/α,β-unsaturated/α-hetero) is 2. The van der Waals surface area contributed by atoms with E-state index >= 15 is 0 Å². The van der Waals surface area contributed by atoms with Gasteiger partial charge in [0.1, 0.15) is 11.6 Å². The summed E-state index contributed by atoms with van der Waals surface area (Å²) >= 11 is -1.50. The largest absolute Gasteiger partial charge is 0.345 e. The predicted octanol–water partition coefficient (Wildman–Crippen LogP) is 7.34. The van der Waals surface area contributed by atoms with Crippen LogP contribution in [0.4, 0.5) is 0 Å². The Morgan fingerprint density at radius 1 is 0.786 bits per heavy atom. The average Bonchev–Trinajstić information content (AvgIpc) is 3.36. The van der Waals surface area contributed by atoms with Crippen molar-refractivity contribution in [3.63, 3.8) is 0 Å². The number of benzene rings is 4. The molecule has 4 amide bonds. The number of hydrogen-bond donors (Lipinski definition) is 7. The van der Waals surface area contributed by atoms with Gasteiger partial charge in [-0.3, -0.25) is 19.2 Å². The molecule has 1 heterocycles. The summed E-state index contributed by atoms with van der Waals surface area (Å²) in [6, 6.07) is 28.5. The van der Waals surface area contributed by atoms with Crippen molar-refractivity contribution in [2.75, 3.05) is 55.2 Å².